The van der Waals surface area contributed by atoms with E-state index in [1.807, 2.05) is 18.2 Å². The number of ether oxygens (including phenoxy) is 1. The number of nitrogens with two attached hydrogens (primary N) is 1. The van der Waals surface area contributed by atoms with E-state index in [9.17, 15) is 5.11 Å². The van der Waals surface area contributed by atoms with Gasteiger partial charge in [-0.2, -0.15) is 0 Å². The number of benzene rings is 2. The maximum atomic E-state index is 9.17. The van der Waals surface area contributed by atoms with Gasteiger partial charge in [0.1, 0.15) is 5.75 Å². The average Bonchev–Trinajstić information content (AvgIpc) is 2.53. The third-order valence-corrected chi connectivity index (χ3v) is 3.53. The number of aliphatic hydroxyl groups is 1. The third-order valence-electron chi connectivity index (χ3n) is 3.53. The minimum Gasteiger partial charge on any atom is -0.496 e. The molecule has 0 aromatic heterocycles. The first kappa shape index (κ1) is 14.6. The van der Waals surface area contributed by atoms with Gasteiger partial charge in [0.25, 0.3) is 0 Å². The Balaban J connectivity index is 2.37. The Labute approximate surface area is 120 Å². The maximum absolute atomic E-state index is 9.17. The molecule has 0 aliphatic rings. The van der Waals surface area contributed by atoms with Crippen LogP contribution in [-0.2, 0) is 6.42 Å². The van der Waals surface area contributed by atoms with Crippen molar-refractivity contribution >= 4 is 0 Å². The first-order valence-electron chi connectivity index (χ1n) is 6.83. The molecule has 0 fully saturated rings. The van der Waals surface area contributed by atoms with Crippen molar-refractivity contribution in [3.05, 3.63) is 53.6 Å². The minimum absolute atomic E-state index is 0.0963. The largest absolute Gasteiger partial charge is 0.496 e. The molecule has 3 N–H and O–H groups in total. The second-order valence-electron chi connectivity index (χ2n) is 4.80. The molecule has 2 rings (SSSR count). The lowest BCUT2D eigenvalue weighted by Gasteiger charge is -2.15. The molecule has 0 saturated heterocycles. The Morgan fingerprint density at radius 3 is 2.30 bits per heavy atom. The second-order valence-corrected chi connectivity index (χ2v) is 4.80. The van der Waals surface area contributed by atoms with E-state index >= 15 is 0 Å². The minimum atomic E-state index is -0.415. The molecule has 0 aliphatic heterocycles. The predicted octanol–water partition coefficient (Wildman–Crippen LogP) is 2.92. The molecule has 0 spiro atoms. The molecular weight excluding hydrogens is 250 g/mol. The molecule has 0 radical (unpaired) electrons. The number of rotatable bonds is 5. The van der Waals surface area contributed by atoms with Crippen LogP contribution >= 0.6 is 0 Å². The number of methoxy groups -OCH3 is 1. The van der Waals surface area contributed by atoms with Gasteiger partial charge in [0.15, 0.2) is 0 Å². The highest BCUT2D eigenvalue weighted by molar-refractivity contribution is 5.66. The number of aryl methyl sites for hydroxylation is 1. The van der Waals surface area contributed by atoms with Gasteiger partial charge in [0, 0.05) is 5.56 Å². The number of hydrogen-bond donors (Lipinski definition) is 2. The summed E-state index contributed by atoms with van der Waals surface area (Å²) < 4.78 is 5.38. The lowest BCUT2D eigenvalue weighted by molar-refractivity contribution is 0.264. The zero-order valence-corrected chi connectivity index (χ0v) is 12.0. The fourth-order valence-corrected chi connectivity index (χ4v) is 2.23. The van der Waals surface area contributed by atoms with Crippen LogP contribution in [0.3, 0.4) is 0 Å². The van der Waals surface area contributed by atoms with Crippen molar-refractivity contribution in [2.75, 3.05) is 13.7 Å². The normalized spacial score (nSPS) is 12.2. The van der Waals surface area contributed by atoms with Crippen molar-refractivity contribution in [1.82, 2.24) is 0 Å². The van der Waals surface area contributed by atoms with E-state index in [2.05, 4.69) is 31.2 Å². The van der Waals surface area contributed by atoms with Crippen LogP contribution in [-0.4, -0.2) is 18.8 Å². The molecule has 0 saturated carbocycles. The molecule has 3 heteroatoms. The fraction of sp³-hybridized carbons (Fsp3) is 0.294. The van der Waals surface area contributed by atoms with Crippen molar-refractivity contribution in [2.24, 2.45) is 5.73 Å². The zero-order valence-electron chi connectivity index (χ0n) is 12.0. The molecule has 2 aromatic rings. The lowest BCUT2D eigenvalue weighted by Crippen LogP contribution is -2.15. The first-order valence-corrected chi connectivity index (χ1v) is 6.83. The molecule has 106 valence electrons. The molecule has 0 unspecified atom stereocenters. The van der Waals surface area contributed by atoms with Crippen LogP contribution in [0.2, 0.25) is 0 Å². The summed E-state index contributed by atoms with van der Waals surface area (Å²) in [5.74, 6) is 0.712. The van der Waals surface area contributed by atoms with Crippen LogP contribution in [0.4, 0.5) is 0 Å². The van der Waals surface area contributed by atoms with Gasteiger partial charge in [-0.25, -0.2) is 0 Å². The van der Waals surface area contributed by atoms with E-state index in [0.717, 1.165) is 23.1 Å². The Morgan fingerprint density at radius 2 is 1.75 bits per heavy atom. The Bertz CT molecular complexity index is 564. The van der Waals surface area contributed by atoms with E-state index in [4.69, 9.17) is 10.5 Å². The highest BCUT2D eigenvalue weighted by Crippen LogP contribution is 2.30. The number of hydrogen-bond acceptors (Lipinski definition) is 3. The second kappa shape index (κ2) is 6.55. The van der Waals surface area contributed by atoms with Gasteiger partial charge in [-0.15, -0.1) is 0 Å². The summed E-state index contributed by atoms with van der Waals surface area (Å²) in [4.78, 5) is 0. The summed E-state index contributed by atoms with van der Waals surface area (Å²) in [5.41, 5.74) is 10.2. The predicted molar refractivity (Wildman–Crippen MR) is 81.8 cm³/mol. The molecule has 1 atom stereocenters. The van der Waals surface area contributed by atoms with E-state index in [-0.39, 0.29) is 6.61 Å². The van der Waals surface area contributed by atoms with Crippen molar-refractivity contribution < 1.29 is 9.84 Å². The van der Waals surface area contributed by atoms with Crippen LogP contribution in [0, 0.1) is 0 Å². The Kier molecular flexibility index (Phi) is 4.77. The fourth-order valence-electron chi connectivity index (χ4n) is 2.23. The molecule has 0 heterocycles. The van der Waals surface area contributed by atoms with Gasteiger partial charge in [-0.1, -0.05) is 43.3 Å². The molecule has 0 amide bonds. The molecular formula is C17H21NO2. The smallest absolute Gasteiger partial charge is 0.124 e. The summed E-state index contributed by atoms with van der Waals surface area (Å²) in [6.07, 6.45) is 1.04. The maximum Gasteiger partial charge on any atom is 0.124 e. The van der Waals surface area contributed by atoms with Crippen LogP contribution in [0.5, 0.6) is 5.75 Å². The molecule has 0 bridgehead atoms. The highest BCUT2D eigenvalue weighted by atomic mass is 16.5. The third kappa shape index (κ3) is 3.00. The zero-order chi connectivity index (χ0) is 14.5. The van der Waals surface area contributed by atoms with Gasteiger partial charge < -0.3 is 15.6 Å². The average molecular weight is 271 g/mol. The van der Waals surface area contributed by atoms with Crippen molar-refractivity contribution in [3.63, 3.8) is 0 Å². The van der Waals surface area contributed by atoms with Gasteiger partial charge in [-0.3, -0.25) is 0 Å². The van der Waals surface area contributed by atoms with Gasteiger partial charge in [-0.05, 0) is 29.2 Å². The van der Waals surface area contributed by atoms with Gasteiger partial charge in [0.2, 0.25) is 0 Å². The van der Waals surface area contributed by atoms with Gasteiger partial charge in [0.05, 0.1) is 19.8 Å². The molecule has 20 heavy (non-hydrogen) atoms. The number of aliphatic hydroxyl groups excluding tert-OH is 1. The first-order chi connectivity index (χ1) is 9.69. The van der Waals surface area contributed by atoms with Crippen LogP contribution in [0.1, 0.15) is 24.1 Å². The molecule has 3 nitrogen and oxygen atoms in total. The Morgan fingerprint density at radius 1 is 1.10 bits per heavy atom. The summed E-state index contributed by atoms with van der Waals surface area (Å²) >= 11 is 0. The van der Waals surface area contributed by atoms with E-state index in [1.165, 1.54) is 5.56 Å². The van der Waals surface area contributed by atoms with Crippen molar-refractivity contribution in [3.8, 4) is 16.9 Å². The highest BCUT2D eigenvalue weighted by Gasteiger charge is 2.12. The standard InChI is InChI=1S/C17H21NO2/c1-3-12-4-6-13(7-5-12)14-8-9-15(16(18)11-19)17(10-14)20-2/h4-10,16,19H,3,11,18H2,1-2H3/t16-/m0/s1. The quantitative estimate of drug-likeness (QED) is 0.879. The summed E-state index contributed by atoms with van der Waals surface area (Å²) in [6, 6.07) is 14.0. The summed E-state index contributed by atoms with van der Waals surface area (Å²) in [6.45, 7) is 2.05. The topological polar surface area (TPSA) is 55.5 Å². The summed E-state index contributed by atoms with van der Waals surface area (Å²) in [7, 11) is 1.62. The monoisotopic (exact) mass is 271 g/mol. The van der Waals surface area contributed by atoms with Crippen LogP contribution < -0.4 is 10.5 Å². The molecule has 0 aliphatic carbocycles. The summed E-state index contributed by atoms with van der Waals surface area (Å²) in [5, 5.41) is 9.17. The van der Waals surface area contributed by atoms with Crippen molar-refractivity contribution in [2.45, 2.75) is 19.4 Å². The van der Waals surface area contributed by atoms with E-state index < -0.39 is 6.04 Å². The molecule has 2 aromatic carbocycles. The van der Waals surface area contributed by atoms with E-state index in [1.54, 1.807) is 7.11 Å². The van der Waals surface area contributed by atoms with Gasteiger partial charge >= 0.3 is 0 Å². The van der Waals surface area contributed by atoms with Crippen LogP contribution in [0.15, 0.2) is 42.5 Å². The van der Waals surface area contributed by atoms with Crippen molar-refractivity contribution in [1.29, 1.82) is 0 Å². The lowest BCUT2D eigenvalue weighted by atomic mass is 9.99. The van der Waals surface area contributed by atoms with E-state index in [0.29, 0.717) is 5.75 Å². The Hall–Kier alpha value is -1.84. The SMILES string of the molecule is CCc1ccc(-c2ccc([C@@H](N)CO)c(OC)c2)cc1. The van der Waals surface area contributed by atoms with Crippen LogP contribution in [0.25, 0.3) is 11.1 Å².